The van der Waals surface area contributed by atoms with Gasteiger partial charge in [-0.3, -0.25) is 4.79 Å². The van der Waals surface area contributed by atoms with Gasteiger partial charge in [0, 0.05) is 11.1 Å². The van der Waals surface area contributed by atoms with Gasteiger partial charge in [-0.2, -0.15) is 0 Å². The monoisotopic (exact) mass is 308 g/mol. The first kappa shape index (κ1) is 17.5. The standard InChI is InChI=1S/C22H28O/c1-11-10-12(2)20(17(7)13(11)3)22(23)21-18(8)15(5)14(4)16(6)19(21)9/h10H,1-9H3. The molecule has 0 saturated heterocycles. The van der Waals surface area contributed by atoms with E-state index < -0.39 is 0 Å². The van der Waals surface area contributed by atoms with Crippen LogP contribution < -0.4 is 0 Å². The Kier molecular flexibility index (Phi) is 4.52. The Labute approximate surface area is 140 Å². The van der Waals surface area contributed by atoms with Crippen molar-refractivity contribution < 1.29 is 4.79 Å². The minimum atomic E-state index is 0.171. The lowest BCUT2D eigenvalue weighted by molar-refractivity contribution is 0.103. The van der Waals surface area contributed by atoms with Crippen LogP contribution in [0.15, 0.2) is 6.07 Å². The molecule has 0 amide bonds. The Balaban J connectivity index is 2.81. The molecule has 122 valence electrons. The molecule has 0 aliphatic heterocycles. The smallest absolute Gasteiger partial charge is 0.194 e. The van der Waals surface area contributed by atoms with Crippen LogP contribution in [0.5, 0.6) is 0 Å². The van der Waals surface area contributed by atoms with Crippen molar-refractivity contribution in [3.05, 3.63) is 67.3 Å². The van der Waals surface area contributed by atoms with Gasteiger partial charge in [0.2, 0.25) is 0 Å². The van der Waals surface area contributed by atoms with E-state index >= 15 is 0 Å². The highest BCUT2D eigenvalue weighted by Crippen LogP contribution is 2.31. The van der Waals surface area contributed by atoms with E-state index in [1.54, 1.807) is 0 Å². The predicted molar refractivity (Wildman–Crippen MR) is 98.9 cm³/mol. The van der Waals surface area contributed by atoms with Crippen LogP contribution in [0.25, 0.3) is 0 Å². The van der Waals surface area contributed by atoms with Crippen LogP contribution in [0.4, 0.5) is 0 Å². The van der Waals surface area contributed by atoms with Gasteiger partial charge in [0.25, 0.3) is 0 Å². The Morgan fingerprint density at radius 2 is 0.913 bits per heavy atom. The second-order valence-corrected chi connectivity index (χ2v) is 6.96. The zero-order chi connectivity index (χ0) is 17.6. The molecule has 0 fully saturated rings. The van der Waals surface area contributed by atoms with Gasteiger partial charge in [0.15, 0.2) is 5.78 Å². The fourth-order valence-electron chi connectivity index (χ4n) is 3.60. The van der Waals surface area contributed by atoms with Gasteiger partial charge in [0.1, 0.15) is 0 Å². The minimum Gasteiger partial charge on any atom is -0.289 e. The highest BCUT2D eigenvalue weighted by atomic mass is 16.1. The van der Waals surface area contributed by atoms with Crippen molar-refractivity contribution in [1.29, 1.82) is 0 Å². The number of hydrogen-bond donors (Lipinski definition) is 0. The van der Waals surface area contributed by atoms with Gasteiger partial charge in [-0.05, 0) is 112 Å². The van der Waals surface area contributed by atoms with Gasteiger partial charge < -0.3 is 0 Å². The van der Waals surface area contributed by atoms with E-state index in [4.69, 9.17) is 0 Å². The quantitative estimate of drug-likeness (QED) is 0.651. The summed E-state index contributed by atoms with van der Waals surface area (Å²) >= 11 is 0. The molecule has 2 aromatic carbocycles. The van der Waals surface area contributed by atoms with E-state index in [1.807, 2.05) is 6.92 Å². The molecule has 23 heavy (non-hydrogen) atoms. The topological polar surface area (TPSA) is 17.1 Å². The first-order chi connectivity index (χ1) is 10.6. The summed E-state index contributed by atoms with van der Waals surface area (Å²) in [4.78, 5) is 13.4. The molecule has 0 aliphatic carbocycles. The molecule has 0 bridgehead atoms. The maximum Gasteiger partial charge on any atom is 0.194 e. The fourth-order valence-corrected chi connectivity index (χ4v) is 3.60. The zero-order valence-corrected chi connectivity index (χ0v) is 16.0. The maximum absolute atomic E-state index is 13.4. The third-order valence-corrected chi connectivity index (χ3v) is 5.81. The van der Waals surface area contributed by atoms with Crippen molar-refractivity contribution in [3.8, 4) is 0 Å². The summed E-state index contributed by atoms with van der Waals surface area (Å²) in [6.45, 7) is 18.9. The molecule has 0 N–H and O–H groups in total. The van der Waals surface area contributed by atoms with Crippen LogP contribution in [-0.2, 0) is 0 Å². The molecule has 1 heteroatoms. The maximum atomic E-state index is 13.4. The SMILES string of the molecule is Cc1cc(C)c(C(=O)c2c(C)c(C)c(C)c(C)c2C)c(C)c1C. The summed E-state index contributed by atoms with van der Waals surface area (Å²) in [6.07, 6.45) is 0. The molecule has 1 nitrogen and oxygen atoms in total. The molecule has 0 unspecified atom stereocenters. The number of carbonyl (C=O) groups is 1. The molecular weight excluding hydrogens is 280 g/mol. The number of benzene rings is 2. The number of aryl methyl sites for hydroxylation is 2. The van der Waals surface area contributed by atoms with Crippen LogP contribution in [-0.4, -0.2) is 5.78 Å². The summed E-state index contributed by atoms with van der Waals surface area (Å²) in [7, 11) is 0. The van der Waals surface area contributed by atoms with Crippen LogP contribution in [0.1, 0.15) is 66.0 Å². The average molecular weight is 308 g/mol. The van der Waals surface area contributed by atoms with Gasteiger partial charge in [-0.1, -0.05) is 6.07 Å². The van der Waals surface area contributed by atoms with Gasteiger partial charge in [-0.25, -0.2) is 0 Å². The Bertz CT molecular complexity index is 794. The lowest BCUT2D eigenvalue weighted by Crippen LogP contribution is -2.14. The summed E-state index contributed by atoms with van der Waals surface area (Å²) < 4.78 is 0. The molecule has 0 aromatic heterocycles. The number of hydrogen-bond acceptors (Lipinski definition) is 1. The summed E-state index contributed by atoms with van der Waals surface area (Å²) in [5.74, 6) is 0.171. The predicted octanol–water partition coefficient (Wildman–Crippen LogP) is 5.69. The lowest BCUT2D eigenvalue weighted by atomic mass is 9.83. The van der Waals surface area contributed by atoms with Crippen molar-refractivity contribution in [1.82, 2.24) is 0 Å². The third kappa shape index (κ3) is 2.63. The molecule has 2 rings (SSSR count). The molecule has 0 atom stereocenters. The summed E-state index contributed by atoms with van der Waals surface area (Å²) in [5, 5.41) is 0. The van der Waals surface area contributed by atoms with Crippen LogP contribution in [0, 0.1) is 62.3 Å². The molecule has 0 aliphatic rings. The van der Waals surface area contributed by atoms with E-state index in [0.29, 0.717) is 0 Å². The Morgan fingerprint density at radius 1 is 0.522 bits per heavy atom. The van der Waals surface area contributed by atoms with Crippen LogP contribution in [0.2, 0.25) is 0 Å². The molecule has 2 aromatic rings. The van der Waals surface area contributed by atoms with Crippen LogP contribution >= 0.6 is 0 Å². The number of carbonyl (C=O) groups excluding carboxylic acids is 1. The van der Waals surface area contributed by atoms with E-state index in [9.17, 15) is 4.79 Å². The largest absolute Gasteiger partial charge is 0.289 e. The first-order valence-electron chi connectivity index (χ1n) is 8.28. The van der Waals surface area contributed by atoms with Crippen LogP contribution in [0.3, 0.4) is 0 Å². The van der Waals surface area contributed by atoms with Gasteiger partial charge in [-0.15, -0.1) is 0 Å². The first-order valence-corrected chi connectivity index (χ1v) is 8.28. The number of rotatable bonds is 2. The van der Waals surface area contributed by atoms with E-state index in [-0.39, 0.29) is 5.78 Å². The highest BCUT2D eigenvalue weighted by molar-refractivity contribution is 6.13. The second-order valence-electron chi connectivity index (χ2n) is 6.96. The molecule has 0 saturated carbocycles. The molecule has 0 heterocycles. The van der Waals surface area contributed by atoms with Gasteiger partial charge >= 0.3 is 0 Å². The Morgan fingerprint density at radius 3 is 1.39 bits per heavy atom. The van der Waals surface area contributed by atoms with Gasteiger partial charge in [0.05, 0.1) is 0 Å². The Hall–Kier alpha value is -1.89. The number of ketones is 1. The van der Waals surface area contributed by atoms with Crippen molar-refractivity contribution in [3.63, 3.8) is 0 Å². The highest BCUT2D eigenvalue weighted by Gasteiger charge is 2.23. The minimum absolute atomic E-state index is 0.171. The normalized spacial score (nSPS) is 11.0. The lowest BCUT2D eigenvalue weighted by Gasteiger charge is -2.20. The summed E-state index contributed by atoms with van der Waals surface area (Å²) in [5.41, 5.74) is 12.4. The van der Waals surface area contributed by atoms with Crippen molar-refractivity contribution in [2.24, 2.45) is 0 Å². The molecular formula is C22H28O. The van der Waals surface area contributed by atoms with Crippen molar-refractivity contribution >= 4 is 5.78 Å². The van der Waals surface area contributed by atoms with E-state index in [1.165, 1.54) is 27.8 Å². The van der Waals surface area contributed by atoms with Crippen molar-refractivity contribution in [2.45, 2.75) is 62.3 Å². The second kappa shape index (κ2) is 5.96. The fraction of sp³-hybridized carbons (Fsp3) is 0.409. The van der Waals surface area contributed by atoms with E-state index in [2.05, 4.69) is 61.5 Å². The van der Waals surface area contributed by atoms with Crippen molar-refractivity contribution in [2.75, 3.05) is 0 Å². The molecule has 0 radical (unpaired) electrons. The third-order valence-electron chi connectivity index (χ3n) is 5.81. The van der Waals surface area contributed by atoms with E-state index in [0.717, 1.165) is 33.4 Å². The zero-order valence-electron chi connectivity index (χ0n) is 16.0. The molecule has 0 spiro atoms. The summed E-state index contributed by atoms with van der Waals surface area (Å²) in [6, 6.07) is 2.13. The average Bonchev–Trinajstić information content (AvgIpc) is 2.49.